The second-order valence-corrected chi connectivity index (χ2v) is 4.29. The first-order chi connectivity index (χ1) is 8.65. The van der Waals surface area contributed by atoms with Crippen LogP contribution < -0.4 is 4.74 Å². The molecule has 1 N–H and O–H groups in total. The van der Waals surface area contributed by atoms with Gasteiger partial charge in [-0.25, -0.2) is 4.79 Å². The Morgan fingerprint density at radius 1 is 1.50 bits per heavy atom. The molecule has 1 aromatic heterocycles. The fraction of sp³-hybridized carbons (Fsp3) is 0.231. The normalized spacial score (nSPS) is 13.2. The Kier molecular flexibility index (Phi) is 2.33. The number of carboxylic acids is 1. The van der Waals surface area contributed by atoms with Gasteiger partial charge in [-0.15, -0.1) is 0 Å². The van der Waals surface area contributed by atoms with Crippen LogP contribution in [0.25, 0.3) is 11.3 Å². The molecule has 1 aliphatic rings. The smallest absolute Gasteiger partial charge is 0.339 e. The summed E-state index contributed by atoms with van der Waals surface area (Å²) in [5, 5.41) is 13.4. The first-order valence-electron chi connectivity index (χ1n) is 5.68. The van der Waals surface area contributed by atoms with Gasteiger partial charge in [0.2, 0.25) is 0 Å². The summed E-state index contributed by atoms with van der Waals surface area (Å²) in [6.45, 7) is 0.687. The maximum atomic E-state index is 11.2. The van der Waals surface area contributed by atoms with E-state index in [1.165, 1.54) is 10.9 Å². The average molecular weight is 244 g/mol. The van der Waals surface area contributed by atoms with Crippen molar-refractivity contribution in [1.29, 1.82) is 0 Å². The molecule has 5 heteroatoms. The molecule has 0 saturated heterocycles. The Hall–Kier alpha value is -2.30. The minimum absolute atomic E-state index is 0.219. The number of aryl methyl sites for hydroxylation is 1. The fourth-order valence-electron chi connectivity index (χ4n) is 2.19. The van der Waals surface area contributed by atoms with Crippen molar-refractivity contribution in [3.05, 3.63) is 35.5 Å². The van der Waals surface area contributed by atoms with E-state index in [2.05, 4.69) is 5.10 Å². The van der Waals surface area contributed by atoms with Gasteiger partial charge in [0.25, 0.3) is 0 Å². The Balaban J connectivity index is 2.12. The summed E-state index contributed by atoms with van der Waals surface area (Å²) in [4.78, 5) is 11.2. The quantitative estimate of drug-likeness (QED) is 0.873. The standard InChI is InChI=1S/C13H12N2O3/c1-15-7-10(13(16)17)12(14-15)9-2-3-11-8(6-9)4-5-18-11/h2-3,6-7H,4-5H2,1H3,(H,16,17). The first-order valence-corrected chi connectivity index (χ1v) is 5.68. The number of benzene rings is 1. The molecule has 2 heterocycles. The maximum Gasteiger partial charge on any atom is 0.339 e. The van der Waals surface area contributed by atoms with Gasteiger partial charge in [-0.2, -0.15) is 5.10 Å². The van der Waals surface area contributed by atoms with Crippen molar-refractivity contribution in [3.8, 4) is 17.0 Å². The highest BCUT2D eigenvalue weighted by Gasteiger charge is 2.19. The molecule has 0 atom stereocenters. The number of carbonyl (C=O) groups is 1. The molecule has 0 spiro atoms. The lowest BCUT2D eigenvalue weighted by molar-refractivity contribution is 0.0697. The molecule has 5 nitrogen and oxygen atoms in total. The molecule has 0 unspecified atom stereocenters. The lowest BCUT2D eigenvalue weighted by Crippen LogP contribution is -1.96. The molecular formula is C13H12N2O3. The van der Waals surface area contributed by atoms with E-state index >= 15 is 0 Å². The molecule has 0 fully saturated rings. The number of nitrogens with zero attached hydrogens (tertiary/aromatic N) is 2. The topological polar surface area (TPSA) is 64.4 Å². The van der Waals surface area contributed by atoms with Crippen molar-refractivity contribution in [2.75, 3.05) is 6.61 Å². The van der Waals surface area contributed by atoms with Crippen LogP contribution in [0.15, 0.2) is 24.4 Å². The van der Waals surface area contributed by atoms with Gasteiger partial charge < -0.3 is 9.84 Å². The van der Waals surface area contributed by atoms with E-state index in [0.29, 0.717) is 12.3 Å². The van der Waals surface area contributed by atoms with Crippen LogP contribution in [-0.2, 0) is 13.5 Å². The van der Waals surface area contributed by atoms with Gasteiger partial charge in [-0.3, -0.25) is 4.68 Å². The van der Waals surface area contributed by atoms with Gasteiger partial charge in [-0.05, 0) is 23.8 Å². The summed E-state index contributed by atoms with van der Waals surface area (Å²) in [5.74, 6) is -0.0820. The lowest BCUT2D eigenvalue weighted by atomic mass is 10.0. The van der Waals surface area contributed by atoms with Crippen LogP contribution in [0.3, 0.4) is 0 Å². The van der Waals surface area contributed by atoms with Gasteiger partial charge in [0.05, 0.1) is 6.61 Å². The van der Waals surface area contributed by atoms with Crippen molar-refractivity contribution < 1.29 is 14.6 Å². The minimum atomic E-state index is -0.963. The van der Waals surface area contributed by atoms with E-state index in [9.17, 15) is 4.79 Å². The number of hydrogen-bond acceptors (Lipinski definition) is 3. The fourth-order valence-corrected chi connectivity index (χ4v) is 2.19. The molecular weight excluding hydrogens is 232 g/mol. The highest BCUT2D eigenvalue weighted by molar-refractivity contribution is 5.94. The molecule has 92 valence electrons. The highest BCUT2D eigenvalue weighted by atomic mass is 16.5. The number of ether oxygens (including phenoxy) is 1. The second-order valence-electron chi connectivity index (χ2n) is 4.29. The summed E-state index contributed by atoms with van der Waals surface area (Å²) in [7, 11) is 1.71. The van der Waals surface area contributed by atoms with Crippen LogP contribution in [0.5, 0.6) is 5.75 Å². The molecule has 0 saturated carbocycles. The van der Waals surface area contributed by atoms with Crippen molar-refractivity contribution in [3.63, 3.8) is 0 Å². The van der Waals surface area contributed by atoms with E-state index in [1.54, 1.807) is 7.05 Å². The third-order valence-corrected chi connectivity index (χ3v) is 3.02. The number of aromatic nitrogens is 2. The Bertz CT molecular complexity index is 631. The summed E-state index contributed by atoms with van der Waals surface area (Å²) in [6, 6.07) is 5.67. The van der Waals surface area contributed by atoms with Crippen molar-refractivity contribution >= 4 is 5.97 Å². The van der Waals surface area contributed by atoms with Crippen LogP contribution in [0.4, 0.5) is 0 Å². The Morgan fingerprint density at radius 3 is 3.11 bits per heavy atom. The number of fused-ring (bicyclic) bond motifs is 1. The van der Waals surface area contributed by atoms with E-state index in [0.717, 1.165) is 23.3 Å². The Labute approximate surface area is 104 Å². The van der Waals surface area contributed by atoms with Crippen molar-refractivity contribution in [2.45, 2.75) is 6.42 Å². The van der Waals surface area contributed by atoms with Gasteiger partial charge >= 0.3 is 5.97 Å². The number of aromatic carboxylic acids is 1. The van der Waals surface area contributed by atoms with Crippen LogP contribution in [0.2, 0.25) is 0 Å². The molecule has 0 aliphatic carbocycles. The third-order valence-electron chi connectivity index (χ3n) is 3.02. The second kappa shape index (κ2) is 3.87. The third kappa shape index (κ3) is 1.64. The summed E-state index contributed by atoms with van der Waals surface area (Å²) in [6.07, 6.45) is 2.37. The van der Waals surface area contributed by atoms with E-state index in [-0.39, 0.29) is 5.56 Å². The number of hydrogen-bond donors (Lipinski definition) is 1. The maximum absolute atomic E-state index is 11.2. The van der Waals surface area contributed by atoms with Crippen LogP contribution >= 0.6 is 0 Å². The minimum Gasteiger partial charge on any atom is -0.493 e. The predicted octanol–water partition coefficient (Wildman–Crippen LogP) is 1.72. The zero-order valence-corrected chi connectivity index (χ0v) is 9.88. The van der Waals surface area contributed by atoms with E-state index < -0.39 is 5.97 Å². The first kappa shape index (κ1) is 10.8. The molecule has 0 bridgehead atoms. The van der Waals surface area contributed by atoms with Crippen molar-refractivity contribution in [2.24, 2.45) is 7.05 Å². The van der Waals surface area contributed by atoms with Gasteiger partial charge in [0, 0.05) is 25.2 Å². The van der Waals surface area contributed by atoms with Crippen molar-refractivity contribution in [1.82, 2.24) is 9.78 Å². The predicted molar refractivity (Wildman–Crippen MR) is 64.8 cm³/mol. The summed E-state index contributed by atoms with van der Waals surface area (Å²) < 4.78 is 6.95. The molecule has 18 heavy (non-hydrogen) atoms. The zero-order valence-electron chi connectivity index (χ0n) is 9.88. The number of carboxylic acid groups (broad SMARTS) is 1. The monoisotopic (exact) mass is 244 g/mol. The van der Waals surface area contributed by atoms with Crippen LogP contribution in [0, 0.1) is 0 Å². The SMILES string of the molecule is Cn1cc(C(=O)O)c(-c2ccc3c(c2)CCO3)n1. The molecule has 0 amide bonds. The van der Waals surface area contributed by atoms with E-state index in [1.807, 2.05) is 18.2 Å². The van der Waals surface area contributed by atoms with Crippen LogP contribution in [0.1, 0.15) is 15.9 Å². The summed E-state index contributed by atoms with van der Waals surface area (Å²) in [5.41, 5.74) is 2.64. The molecule has 1 aromatic carbocycles. The number of rotatable bonds is 2. The van der Waals surface area contributed by atoms with Gasteiger partial charge in [-0.1, -0.05) is 0 Å². The Morgan fingerprint density at radius 2 is 2.33 bits per heavy atom. The molecule has 0 radical (unpaired) electrons. The van der Waals surface area contributed by atoms with Gasteiger partial charge in [0.1, 0.15) is 17.0 Å². The summed E-state index contributed by atoms with van der Waals surface area (Å²) >= 11 is 0. The lowest BCUT2D eigenvalue weighted by Gasteiger charge is -2.02. The largest absolute Gasteiger partial charge is 0.493 e. The van der Waals surface area contributed by atoms with E-state index in [4.69, 9.17) is 9.84 Å². The molecule has 3 rings (SSSR count). The molecule has 2 aromatic rings. The van der Waals surface area contributed by atoms with Crippen LogP contribution in [-0.4, -0.2) is 27.5 Å². The zero-order chi connectivity index (χ0) is 12.7. The highest BCUT2D eigenvalue weighted by Crippen LogP contribution is 2.31. The average Bonchev–Trinajstić information content (AvgIpc) is 2.93. The molecule has 1 aliphatic heterocycles. The van der Waals surface area contributed by atoms with Gasteiger partial charge in [0.15, 0.2) is 0 Å².